The Labute approximate surface area is 443 Å². The number of fused-ring (bicyclic) bond motifs is 6. The van der Waals surface area contributed by atoms with Gasteiger partial charge < -0.3 is 27.0 Å². The molecule has 0 radical (unpaired) electrons. The van der Waals surface area contributed by atoms with Crippen LogP contribution < -0.4 is 41.8 Å². The number of carbonyl (C=O) groups is 8. The van der Waals surface area contributed by atoms with Crippen LogP contribution in [0.2, 0.25) is 0 Å². The number of primary amides is 1. The summed E-state index contributed by atoms with van der Waals surface area (Å²) >= 11 is 3.22. The standard InChI is InChI=1S/C49H56N8O11Se.C3H8.CH3NO/c1-3-30-31-20-38-45-34(25-57(38)47(69)35(31)27-67-48(30)63)33(32-21-39-40(22-37(32)55-45)66-19-18-65-39)23-52-49(64)68-26-28-10-12-29(13-11-28)53-46(62)36(8-7-16-50-2)54-42(59)24-51-41(58)9-5-4-6-17-56-43(60)14-15-44(56)61;1-3-2;2-1-3/h10-13,20-22,30,36,50H,3-9,14-19,23-27H2,1-2H3,(H,51,58)(H,52,64)(H,53,62)(H,54,59);3H2,1-2H3;1H,(H2,2,3). The third kappa shape index (κ3) is 14.8. The summed E-state index contributed by atoms with van der Waals surface area (Å²) in [5.41, 5.74) is 11.2. The summed E-state index contributed by atoms with van der Waals surface area (Å²) in [4.78, 5) is 103. The number of anilines is 1. The van der Waals surface area contributed by atoms with Gasteiger partial charge in [0.1, 0.15) is 6.04 Å². The van der Waals surface area contributed by atoms with E-state index in [9.17, 15) is 33.6 Å². The van der Waals surface area contributed by atoms with Crippen molar-refractivity contribution >= 4 is 80.2 Å². The van der Waals surface area contributed by atoms with Crippen LogP contribution in [0.5, 0.6) is 11.5 Å². The number of likely N-dealkylation sites (tertiary alicyclic amines) is 1. The number of cyclic esters (lactones) is 1. The van der Waals surface area contributed by atoms with Gasteiger partial charge in [0.2, 0.25) is 35.9 Å². The van der Waals surface area contributed by atoms with E-state index in [0.29, 0.717) is 99.6 Å². The number of unbranched alkanes of at least 4 members (excludes halogenated alkanes) is 2. The Morgan fingerprint density at radius 2 is 1.60 bits per heavy atom. The zero-order valence-corrected chi connectivity index (χ0v) is 44.6. The summed E-state index contributed by atoms with van der Waals surface area (Å²) in [6.07, 6.45) is 4.88. The molecule has 2 atom stereocenters. The van der Waals surface area contributed by atoms with Crippen molar-refractivity contribution in [3.05, 3.63) is 74.5 Å². The molecule has 0 spiro atoms. The molecular formula is C53H67N9O12Se. The van der Waals surface area contributed by atoms with Crippen molar-refractivity contribution in [2.75, 3.05) is 45.2 Å². The first-order chi connectivity index (χ1) is 36.2. The Bertz CT molecular complexity index is 2800. The Kier molecular flexibility index (Phi) is 21.3. The molecule has 0 saturated carbocycles. The van der Waals surface area contributed by atoms with Gasteiger partial charge in [-0.25, -0.2) is 0 Å². The summed E-state index contributed by atoms with van der Waals surface area (Å²) in [6.45, 7) is 8.43. The molecule has 4 aliphatic rings. The van der Waals surface area contributed by atoms with E-state index in [0.717, 1.165) is 43.2 Å². The number of hydrogen-bond acceptors (Lipinski definition) is 14. The quantitative estimate of drug-likeness (QED) is 0.0209. The predicted molar refractivity (Wildman–Crippen MR) is 278 cm³/mol. The molecule has 2 aromatic carbocycles. The smallest absolute Gasteiger partial charge is 0.204 e. The van der Waals surface area contributed by atoms with Gasteiger partial charge >= 0.3 is 226 Å². The average Bonchev–Trinajstić information content (AvgIpc) is 3.95. The minimum Gasteiger partial charge on any atom is -0.372 e. The van der Waals surface area contributed by atoms with Crippen LogP contribution in [0.15, 0.2) is 42.5 Å². The third-order valence-electron chi connectivity index (χ3n) is 12.7. The first-order valence-electron chi connectivity index (χ1n) is 25.4. The van der Waals surface area contributed by atoms with E-state index >= 15 is 0 Å². The zero-order valence-electron chi connectivity index (χ0n) is 42.9. The molecule has 21 nitrogen and oxygen atoms in total. The minimum atomic E-state index is -0.871. The molecule has 75 heavy (non-hydrogen) atoms. The number of carbonyl (C=O) groups excluding carboxylic acids is 8. The number of nitrogens with zero attached hydrogens (tertiary/aromatic N) is 3. The van der Waals surface area contributed by atoms with Gasteiger partial charge in [0.05, 0.1) is 6.54 Å². The van der Waals surface area contributed by atoms with Crippen molar-refractivity contribution in [1.29, 1.82) is 0 Å². The zero-order chi connectivity index (χ0) is 54.0. The Hall–Kier alpha value is -7.16. The first kappa shape index (κ1) is 57.1. The van der Waals surface area contributed by atoms with Gasteiger partial charge in [-0.15, -0.1) is 0 Å². The van der Waals surface area contributed by atoms with Gasteiger partial charge in [0.25, 0.3) is 0 Å². The van der Waals surface area contributed by atoms with Crippen molar-refractivity contribution in [1.82, 2.24) is 35.7 Å². The van der Waals surface area contributed by atoms with Crippen LogP contribution in [0.4, 0.5) is 10.5 Å². The fourth-order valence-electron chi connectivity index (χ4n) is 9.07. The van der Waals surface area contributed by atoms with Crippen molar-refractivity contribution in [3.63, 3.8) is 0 Å². The van der Waals surface area contributed by atoms with E-state index in [4.69, 9.17) is 28.7 Å². The van der Waals surface area contributed by atoms with Gasteiger partial charge in [-0.2, -0.15) is 0 Å². The van der Waals surface area contributed by atoms with Gasteiger partial charge in [-0.05, 0) is 51.4 Å². The van der Waals surface area contributed by atoms with E-state index in [1.807, 2.05) is 25.1 Å². The fraction of sp³-hybridized carbons (Fsp3) is 0.472. The number of aromatic nitrogens is 2. The van der Waals surface area contributed by atoms with Crippen LogP contribution >= 0.6 is 0 Å². The second kappa shape index (κ2) is 27.9. The SMILES string of the molecule is CCC.CCC1C(=O)OCc2c1cc1n(c2=[Se])Cc2c-1nc1cc3c(cc1c2CNC(=O)OCc1ccc(NC(=O)C(CCCNC)NC(=O)CNC(=O)CCCCCN2C(=O)CCC2=O)cc1)OCCO3.NC=O. The van der Waals surface area contributed by atoms with Crippen molar-refractivity contribution in [3.8, 4) is 22.9 Å². The topological polar surface area (TPSA) is 281 Å². The number of alkyl carbamates (subject to hydrolysis) is 1. The summed E-state index contributed by atoms with van der Waals surface area (Å²) in [5, 5.41) is 14.9. The maximum Gasteiger partial charge on any atom is 0.204 e. The van der Waals surface area contributed by atoms with Crippen molar-refractivity contribution < 1.29 is 57.3 Å². The van der Waals surface area contributed by atoms with E-state index in [1.54, 1.807) is 31.3 Å². The number of hydrogen-bond donors (Lipinski definition) is 6. The molecule has 4 aromatic rings. The number of esters is 1. The van der Waals surface area contributed by atoms with Gasteiger partial charge in [-0.3, -0.25) is 33.7 Å². The number of benzene rings is 2. The molecule has 1 fully saturated rings. The average molecular weight is 1100 g/mol. The van der Waals surface area contributed by atoms with E-state index in [2.05, 4.69) is 66.3 Å². The number of ether oxygens (including phenoxy) is 4. The van der Waals surface area contributed by atoms with Crippen LogP contribution in [-0.2, 0) is 69.3 Å². The van der Waals surface area contributed by atoms with Gasteiger partial charge in [0, 0.05) is 31.5 Å². The Morgan fingerprint density at radius 3 is 2.28 bits per heavy atom. The number of nitrogens with one attached hydrogen (secondary N) is 5. The van der Waals surface area contributed by atoms with Crippen LogP contribution in [-0.4, -0.2) is 124 Å². The Balaban J connectivity index is 0.00000145. The number of pyridine rings is 2. The second-order valence-corrected chi connectivity index (χ2v) is 19.0. The van der Waals surface area contributed by atoms with Gasteiger partial charge in [-0.1, -0.05) is 26.7 Å². The maximum absolute atomic E-state index is 13.4. The molecule has 0 bridgehead atoms. The normalized spacial score (nSPS) is 15.1. The number of nitrogens with two attached hydrogens (primary N) is 1. The van der Waals surface area contributed by atoms with E-state index in [1.165, 1.54) is 11.3 Å². The summed E-state index contributed by atoms with van der Waals surface area (Å²) in [6, 6.07) is 11.7. The summed E-state index contributed by atoms with van der Waals surface area (Å²) < 4.78 is 26.0. The monoisotopic (exact) mass is 1100 g/mol. The number of rotatable bonds is 20. The predicted octanol–water partition coefficient (Wildman–Crippen LogP) is 4.28. The van der Waals surface area contributed by atoms with E-state index < -0.39 is 23.9 Å². The van der Waals surface area contributed by atoms with Crippen LogP contribution in [0.3, 0.4) is 0 Å². The minimum absolute atomic E-state index is 0.0513. The maximum atomic E-state index is 13.4. The largest absolute Gasteiger partial charge is 0.372 e. The molecule has 8 rings (SSSR count). The molecular weight excluding hydrogens is 1030 g/mol. The molecule has 4 aliphatic heterocycles. The molecule has 0 aliphatic carbocycles. The summed E-state index contributed by atoms with van der Waals surface area (Å²) in [7, 11) is 1.79. The molecule has 402 valence electrons. The molecule has 6 heterocycles. The summed E-state index contributed by atoms with van der Waals surface area (Å²) in [5.74, 6) is -1.02. The Morgan fingerprint density at radius 1 is 0.907 bits per heavy atom. The number of imide groups is 1. The molecule has 2 unspecified atom stereocenters. The molecule has 22 heteroatoms. The molecule has 7 N–H and O–H groups in total. The van der Waals surface area contributed by atoms with Crippen LogP contribution in [0.25, 0.3) is 22.3 Å². The molecule has 2 aromatic heterocycles. The second-order valence-electron chi connectivity index (χ2n) is 18.2. The molecule has 7 amide bonds. The first-order valence-corrected chi connectivity index (χ1v) is 26.3. The van der Waals surface area contributed by atoms with Crippen molar-refractivity contribution in [2.45, 2.75) is 123 Å². The fourth-order valence-corrected chi connectivity index (χ4v) is 9.78. The van der Waals surface area contributed by atoms with Crippen molar-refractivity contribution in [2.24, 2.45) is 5.73 Å². The van der Waals surface area contributed by atoms with Crippen LogP contribution in [0, 0.1) is 4.19 Å². The van der Waals surface area contributed by atoms with E-state index in [-0.39, 0.29) is 81.6 Å². The third-order valence-corrected chi connectivity index (χ3v) is 13.7. The van der Waals surface area contributed by atoms with Gasteiger partial charge in [0.15, 0.2) is 0 Å². The molecule has 1 saturated heterocycles. The number of amides is 7. The van der Waals surface area contributed by atoms with Crippen LogP contribution in [0.1, 0.15) is 119 Å².